The molecule has 0 N–H and O–H groups in total. The van der Waals surface area contributed by atoms with Crippen molar-refractivity contribution in [3.63, 3.8) is 0 Å². The molecule has 1 amide bonds. The molecule has 7 heteroatoms. The van der Waals surface area contributed by atoms with Crippen molar-refractivity contribution in [2.45, 2.75) is 25.9 Å². The van der Waals surface area contributed by atoms with Crippen molar-refractivity contribution >= 4 is 27.1 Å². The molecular formula is C18H21NO4S2. The van der Waals surface area contributed by atoms with Crippen LogP contribution in [0, 0.1) is 0 Å². The van der Waals surface area contributed by atoms with Gasteiger partial charge in [-0.05, 0) is 42.5 Å². The van der Waals surface area contributed by atoms with Gasteiger partial charge < -0.3 is 9.64 Å². The maximum Gasteiger partial charge on any atom is 0.264 e. The molecular weight excluding hydrogens is 358 g/mol. The topological polar surface area (TPSA) is 63.7 Å². The molecule has 1 atom stereocenters. The van der Waals surface area contributed by atoms with Gasteiger partial charge in [0.2, 0.25) is 0 Å². The van der Waals surface area contributed by atoms with E-state index in [0.29, 0.717) is 24.4 Å². The number of thiophene rings is 1. The Kier molecular flexibility index (Phi) is 5.44. The fraction of sp³-hybridized carbons (Fsp3) is 0.389. The van der Waals surface area contributed by atoms with Crippen LogP contribution >= 0.6 is 11.3 Å². The Bertz CT molecular complexity index is 813. The molecule has 0 spiro atoms. The predicted molar refractivity (Wildman–Crippen MR) is 98.9 cm³/mol. The molecule has 2 heterocycles. The molecule has 1 aliphatic rings. The summed E-state index contributed by atoms with van der Waals surface area (Å²) < 4.78 is 29.2. The number of amides is 1. The number of sulfone groups is 1. The van der Waals surface area contributed by atoms with E-state index in [0.717, 1.165) is 11.3 Å². The van der Waals surface area contributed by atoms with Crippen molar-refractivity contribution in [2.75, 3.05) is 18.1 Å². The largest absolute Gasteiger partial charge is 0.494 e. The third kappa shape index (κ3) is 4.41. The number of nitrogens with zero attached hydrogens (tertiary/aromatic N) is 1. The molecule has 1 aromatic carbocycles. The van der Waals surface area contributed by atoms with Crippen molar-refractivity contribution < 1.29 is 17.9 Å². The van der Waals surface area contributed by atoms with Crippen molar-refractivity contribution in [1.82, 2.24) is 4.90 Å². The molecule has 1 fully saturated rings. The van der Waals surface area contributed by atoms with Crippen LogP contribution in [0.15, 0.2) is 41.8 Å². The van der Waals surface area contributed by atoms with E-state index in [9.17, 15) is 13.2 Å². The summed E-state index contributed by atoms with van der Waals surface area (Å²) in [6, 6.07) is 10.9. The van der Waals surface area contributed by atoms with Gasteiger partial charge in [0, 0.05) is 12.6 Å². The summed E-state index contributed by atoms with van der Waals surface area (Å²) >= 11 is 1.38. The van der Waals surface area contributed by atoms with Crippen LogP contribution in [0.2, 0.25) is 0 Å². The Morgan fingerprint density at radius 2 is 2.04 bits per heavy atom. The maximum absolute atomic E-state index is 12.9. The van der Waals surface area contributed by atoms with Gasteiger partial charge in [-0.2, -0.15) is 0 Å². The van der Waals surface area contributed by atoms with Crippen LogP contribution in [0.3, 0.4) is 0 Å². The van der Waals surface area contributed by atoms with Crippen molar-refractivity contribution in [2.24, 2.45) is 0 Å². The van der Waals surface area contributed by atoms with E-state index in [4.69, 9.17) is 4.74 Å². The van der Waals surface area contributed by atoms with E-state index >= 15 is 0 Å². The number of rotatable bonds is 6. The average Bonchev–Trinajstić information content (AvgIpc) is 3.23. The van der Waals surface area contributed by atoms with Crippen LogP contribution in [-0.4, -0.2) is 43.4 Å². The van der Waals surface area contributed by atoms with E-state index in [-0.39, 0.29) is 23.5 Å². The quantitative estimate of drug-likeness (QED) is 0.774. The fourth-order valence-corrected chi connectivity index (χ4v) is 5.39. The highest BCUT2D eigenvalue weighted by atomic mass is 32.2. The summed E-state index contributed by atoms with van der Waals surface area (Å²) in [5.74, 6) is 0.868. The molecule has 2 aromatic rings. The molecule has 0 saturated carbocycles. The lowest BCUT2D eigenvalue weighted by Crippen LogP contribution is -2.40. The highest BCUT2D eigenvalue weighted by molar-refractivity contribution is 7.91. The Hall–Kier alpha value is -1.86. The molecule has 134 valence electrons. The smallest absolute Gasteiger partial charge is 0.264 e. The second-order valence-electron chi connectivity index (χ2n) is 6.04. The molecule has 3 rings (SSSR count). The maximum atomic E-state index is 12.9. The summed E-state index contributed by atoms with van der Waals surface area (Å²) in [5, 5.41) is 1.85. The number of hydrogen-bond donors (Lipinski definition) is 0. The van der Waals surface area contributed by atoms with Crippen LogP contribution in [0.1, 0.15) is 28.6 Å². The SMILES string of the molecule is CCOc1ccc(CN(C(=O)c2cccs2)[C@@H]2CCS(=O)(=O)C2)cc1. The third-order valence-electron chi connectivity index (χ3n) is 4.23. The third-order valence-corrected chi connectivity index (χ3v) is 6.84. The predicted octanol–water partition coefficient (Wildman–Crippen LogP) is 2.98. The zero-order valence-electron chi connectivity index (χ0n) is 14.1. The van der Waals surface area contributed by atoms with E-state index in [1.54, 1.807) is 11.0 Å². The number of carbonyl (C=O) groups is 1. The van der Waals surface area contributed by atoms with E-state index in [1.165, 1.54) is 11.3 Å². The molecule has 0 unspecified atom stereocenters. The molecule has 1 aliphatic heterocycles. The monoisotopic (exact) mass is 379 g/mol. The highest BCUT2D eigenvalue weighted by Crippen LogP contribution is 2.24. The van der Waals surface area contributed by atoms with Gasteiger partial charge in [-0.15, -0.1) is 11.3 Å². The minimum absolute atomic E-state index is 0.0428. The second-order valence-corrected chi connectivity index (χ2v) is 9.22. The Labute approximate surface area is 152 Å². The first-order valence-corrected chi connectivity index (χ1v) is 11.0. The summed E-state index contributed by atoms with van der Waals surface area (Å²) in [5.41, 5.74) is 0.956. The lowest BCUT2D eigenvalue weighted by atomic mass is 10.1. The van der Waals surface area contributed by atoms with E-state index in [1.807, 2.05) is 42.6 Å². The molecule has 25 heavy (non-hydrogen) atoms. The first kappa shape index (κ1) is 17.9. The average molecular weight is 380 g/mol. The summed E-state index contributed by atoms with van der Waals surface area (Å²) in [6.07, 6.45) is 0.497. The Balaban J connectivity index is 1.82. The van der Waals surface area contributed by atoms with Crippen LogP contribution in [0.25, 0.3) is 0 Å². The van der Waals surface area contributed by atoms with Gasteiger partial charge in [-0.25, -0.2) is 8.42 Å². The summed E-state index contributed by atoms with van der Waals surface area (Å²) in [6.45, 7) is 2.92. The van der Waals surface area contributed by atoms with E-state index < -0.39 is 9.84 Å². The van der Waals surface area contributed by atoms with Crippen molar-refractivity contribution in [1.29, 1.82) is 0 Å². The lowest BCUT2D eigenvalue weighted by Gasteiger charge is -2.28. The van der Waals surface area contributed by atoms with E-state index in [2.05, 4.69) is 0 Å². The van der Waals surface area contributed by atoms with Crippen LogP contribution < -0.4 is 4.74 Å². The first-order valence-electron chi connectivity index (χ1n) is 8.25. The van der Waals surface area contributed by atoms with Gasteiger partial charge in [0.15, 0.2) is 9.84 Å². The molecule has 0 bridgehead atoms. The lowest BCUT2D eigenvalue weighted by molar-refractivity contribution is 0.0686. The summed E-state index contributed by atoms with van der Waals surface area (Å²) in [7, 11) is -3.06. The highest BCUT2D eigenvalue weighted by Gasteiger charge is 2.35. The Morgan fingerprint density at radius 3 is 2.60 bits per heavy atom. The summed E-state index contributed by atoms with van der Waals surface area (Å²) in [4.78, 5) is 15.2. The molecule has 1 saturated heterocycles. The minimum Gasteiger partial charge on any atom is -0.494 e. The zero-order chi connectivity index (χ0) is 17.9. The van der Waals surface area contributed by atoms with Gasteiger partial charge in [-0.1, -0.05) is 18.2 Å². The number of carbonyl (C=O) groups excluding carboxylic acids is 1. The van der Waals surface area contributed by atoms with Crippen LogP contribution in [0.5, 0.6) is 5.75 Å². The number of hydrogen-bond acceptors (Lipinski definition) is 5. The van der Waals surface area contributed by atoms with Gasteiger partial charge in [0.1, 0.15) is 5.75 Å². The van der Waals surface area contributed by atoms with Crippen LogP contribution in [-0.2, 0) is 16.4 Å². The second kappa shape index (κ2) is 7.58. The molecule has 5 nitrogen and oxygen atoms in total. The fourth-order valence-electron chi connectivity index (χ4n) is 2.98. The first-order chi connectivity index (χ1) is 12.0. The van der Waals surface area contributed by atoms with Crippen LogP contribution in [0.4, 0.5) is 0 Å². The normalized spacial score (nSPS) is 18.8. The van der Waals surface area contributed by atoms with Crippen molar-refractivity contribution in [3.8, 4) is 5.75 Å². The Morgan fingerprint density at radius 1 is 1.28 bits per heavy atom. The zero-order valence-corrected chi connectivity index (χ0v) is 15.7. The van der Waals surface area contributed by atoms with Gasteiger partial charge in [0.25, 0.3) is 5.91 Å². The standard InChI is InChI=1S/C18H21NO4S2/c1-2-23-16-7-5-14(6-8-16)12-19(15-9-11-25(21,22)13-15)18(20)17-4-3-10-24-17/h3-8,10,15H,2,9,11-13H2,1H3/t15-/m1/s1. The van der Waals surface area contributed by atoms with Gasteiger partial charge >= 0.3 is 0 Å². The molecule has 0 aliphatic carbocycles. The number of ether oxygens (including phenoxy) is 1. The molecule has 0 radical (unpaired) electrons. The van der Waals surface area contributed by atoms with Gasteiger partial charge in [-0.3, -0.25) is 4.79 Å². The minimum atomic E-state index is -3.06. The van der Waals surface area contributed by atoms with Gasteiger partial charge in [0.05, 0.1) is 23.0 Å². The molecule has 1 aromatic heterocycles. The number of benzene rings is 1. The van der Waals surface area contributed by atoms with Crippen molar-refractivity contribution in [3.05, 3.63) is 52.2 Å².